The number of methoxy groups -OCH3 is 1. The molecular weight excluding hydrogens is 446 g/mol. The molecule has 1 aromatic carbocycles. The molecule has 8 nitrogen and oxygen atoms in total. The third-order valence-electron chi connectivity index (χ3n) is 8.24. The predicted molar refractivity (Wildman–Crippen MR) is 135 cm³/mol. The van der Waals surface area contributed by atoms with Crippen LogP contribution in [0.2, 0.25) is 0 Å². The maximum Gasteiger partial charge on any atom is 0.414 e. The highest BCUT2D eigenvalue weighted by Crippen LogP contribution is 2.43. The maximum atomic E-state index is 12.6. The zero-order chi connectivity index (χ0) is 25.1. The van der Waals surface area contributed by atoms with E-state index in [1.165, 1.54) is 32.8 Å². The van der Waals surface area contributed by atoms with Gasteiger partial charge >= 0.3 is 6.09 Å². The first-order chi connectivity index (χ1) is 16.9. The Kier molecular flexibility index (Phi) is 7.99. The van der Waals surface area contributed by atoms with Crippen molar-refractivity contribution < 1.29 is 24.5 Å². The summed E-state index contributed by atoms with van der Waals surface area (Å²) in [7, 11) is 1.44. The van der Waals surface area contributed by atoms with Gasteiger partial charge in [0.15, 0.2) is 0 Å². The van der Waals surface area contributed by atoms with Gasteiger partial charge in [0.25, 0.3) is 6.47 Å². The van der Waals surface area contributed by atoms with Crippen molar-refractivity contribution in [2.75, 3.05) is 12.0 Å². The molecule has 8 heteroatoms. The van der Waals surface area contributed by atoms with Crippen LogP contribution in [0.15, 0.2) is 12.1 Å². The number of hydrogen-bond acceptors (Lipinski definition) is 5. The molecule has 3 aliphatic rings. The number of carboxylic acid groups (broad SMARTS) is 1. The van der Waals surface area contributed by atoms with E-state index >= 15 is 0 Å². The minimum Gasteiger partial charge on any atom is -0.483 e. The molecule has 4 unspecified atom stereocenters. The fourth-order valence-electron chi connectivity index (χ4n) is 6.51. The molecule has 192 valence electrons. The monoisotopic (exact) mass is 485 g/mol. The molecule has 2 saturated carbocycles. The number of aryl methyl sites for hydroxylation is 1. The lowest BCUT2D eigenvalue weighted by atomic mass is 9.86. The third-order valence-corrected chi connectivity index (χ3v) is 8.24. The molecular formula is C27H39N3O5. The fraction of sp³-hybridized carbons (Fsp3) is 0.667. The molecule has 2 aromatic rings. The molecule has 2 heterocycles. The van der Waals surface area contributed by atoms with E-state index in [2.05, 4.69) is 30.5 Å². The summed E-state index contributed by atoms with van der Waals surface area (Å²) in [6.07, 6.45) is 10.3. The van der Waals surface area contributed by atoms with Crippen LogP contribution in [-0.4, -0.2) is 45.5 Å². The Hall–Kier alpha value is -2.61. The maximum absolute atomic E-state index is 12.6. The molecule has 2 N–H and O–H groups in total. The minimum atomic E-state index is -0.517. The lowest BCUT2D eigenvalue weighted by Gasteiger charge is -2.34. The molecule has 35 heavy (non-hydrogen) atoms. The molecule has 5 rings (SSSR count). The van der Waals surface area contributed by atoms with Crippen molar-refractivity contribution in [3.8, 4) is 0 Å². The second kappa shape index (κ2) is 11.0. The van der Waals surface area contributed by atoms with Gasteiger partial charge in [-0.25, -0.2) is 9.78 Å². The topological polar surface area (TPSA) is 105 Å². The number of benzene rings is 1. The van der Waals surface area contributed by atoms with Crippen molar-refractivity contribution in [3.63, 3.8) is 0 Å². The first kappa shape index (κ1) is 25.5. The van der Waals surface area contributed by atoms with Gasteiger partial charge in [-0.15, -0.1) is 0 Å². The van der Waals surface area contributed by atoms with Crippen molar-refractivity contribution in [1.29, 1.82) is 0 Å². The summed E-state index contributed by atoms with van der Waals surface area (Å²) in [4.78, 5) is 27.8. The van der Waals surface area contributed by atoms with E-state index in [4.69, 9.17) is 19.6 Å². The number of carbonyl (C=O) groups excluding carboxylic acids is 1. The highest BCUT2D eigenvalue weighted by molar-refractivity contribution is 5.95. The van der Waals surface area contributed by atoms with E-state index < -0.39 is 6.10 Å². The quantitative estimate of drug-likeness (QED) is 0.547. The smallest absolute Gasteiger partial charge is 0.414 e. The van der Waals surface area contributed by atoms with Crippen LogP contribution in [-0.2, 0) is 16.0 Å². The van der Waals surface area contributed by atoms with Crippen LogP contribution >= 0.6 is 0 Å². The zero-order valence-electron chi connectivity index (χ0n) is 21.2. The molecule has 1 aromatic heterocycles. The van der Waals surface area contributed by atoms with Crippen molar-refractivity contribution >= 4 is 29.3 Å². The fourth-order valence-corrected chi connectivity index (χ4v) is 6.51. The highest BCUT2D eigenvalue weighted by atomic mass is 16.5. The summed E-state index contributed by atoms with van der Waals surface area (Å²) in [6.45, 7) is 4.16. The second-order valence-electron chi connectivity index (χ2n) is 10.5. The summed E-state index contributed by atoms with van der Waals surface area (Å²) in [5.74, 6) is 1.84. The first-order valence-corrected chi connectivity index (χ1v) is 13.1. The number of anilines is 1. The van der Waals surface area contributed by atoms with Crippen molar-refractivity contribution in [3.05, 3.63) is 23.5 Å². The minimum absolute atomic E-state index is 0.0947. The summed E-state index contributed by atoms with van der Waals surface area (Å²) in [5, 5.41) is 18.3. The lowest BCUT2D eigenvalue weighted by Crippen LogP contribution is -2.42. The number of nitrogens with zero attached hydrogens (tertiary/aromatic N) is 3. The van der Waals surface area contributed by atoms with E-state index in [9.17, 15) is 9.90 Å². The van der Waals surface area contributed by atoms with Gasteiger partial charge in [-0.2, -0.15) is 0 Å². The average Bonchev–Trinajstić information content (AvgIpc) is 3.52. The van der Waals surface area contributed by atoms with Gasteiger partial charge in [0.1, 0.15) is 11.9 Å². The molecule has 0 saturated heterocycles. The van der Waals surface area contributed by atoms with Crippen LogP contribution in [0.3, 0.4) is 0 Å². The normalized spacial score (nSPS) is 25.5. The molecule has 0 spiro atoms. The van der Waals surface area contributed by atoms with Crippen LogP contribution < -0.4 is 4.90 Å². The van der Waals surface area contributed by atoms with Gasteiger partial charge in [0, 0.05) is 17.6 Å². The molecule has 1 amide bonds. The highest BCUT2D eigenvalue weighted by Gasteiger charge is 2.35. The predicted octanol–water partition coefficient (Wildman–Crippen LogP) is 5.62. The molecule has 0 bridgehead atoms. The molecule has 1 aliphatic heterocycles. The van der Waals surface area contributed by atoms with Gasteiger partial charge in [-0.3, -0.25) is 9.69 Å². The van der Waals surface area contributed by atoms with Gasteiger partial charge in [-0.05, 0) is 69.4 Å². The Morgan fingerprint density at radius 2 is 1.86 bits per heavy atom. The summed E-state index contributed by atoms with van der Waals surface area (Å²) >= 11 is 0. The van der Waals surface area contributed by atoms with Gasteiger partial charge in [0.2, 0.25) is 0 Å². The summed E-state index contributed by atoms with van der Waals surface area (Å²) in [5.41, 5.74) is 4.11. The Morgan fingerprint density at radius 1 is 1.14 bits per heavy atom. The first-order valence-electron chi connectivity index (χ1n) is 13.1. The number of aliphatic hydroxyl groups excluding tert-OH is 1. The number of ether oxygens (including phenoxy) is 1. The van der Waals surface area contributed by atoms with Gasteiger partial charge in [0.05, 0.1) is 23.8 Å². The Morgan fingerprint density at radius 3 is 2.51 bits per heavy atom. The Balaban J connectivity index is 0.000000917. The molecule has 4 atom stereocenters. The second-order valence-corrected chi connectivity index (χ2v) is 10.5. The van der Waals surface area contributed by atoms with Crippen LogP contribution in [0.1, 0.15) is 95.2 Å². The van der Waals surface area contributed by atoms with E-state index in [0.29, 0.717) is 17.9 Å². The van der Waals surface area contributed by atoms with E-state index in [1.54, 1.807) is 4.90 Å². The largest absolute Gasteiger partial charge is 0.483 e. The number of amides is 1. The number of imidazole rings is 1. The van der Waals surface area contributed by atoms with Crippen molar-refractivity contribution in [2.45, 2.75) is 96.2 Å². The SMILES string of the molecule is COC(=O)N1c2ccc3c(nc(C(O)C4CCCC4)n3C3CCCC(C)C3)c2CCC1C.O=CO. The van der Waals surface area contributed by atoms with Crippen LogP contribution in [0.4, 0.5) is 10.5 Å². The number of carbonyl (C=O) groups is 2. The Labute approximate surface area is 207 Å². The van der Waals surface area contributed by atoms with Crippen molar-refractivity contribution in [2.24, 2.45) is 11.8 Å². The number of rotatable bonds is 3. The molecule has 2 aliphatic carbocycles. The van der Waals surface area contributed by atoms with Crippen LogP contribution in [0.25, 0.3) is 11.0 Å². The lowest BCUT2D eigenvalue weighted by molar-refractivity contribution is -0.122. The van der Waals surface area contributed by atoms with E-state index in [0.717, 1.165) is 66.6 Å². The number of fused-ring (bicyclic) bond motifs is 3. The number of hydrogen-bond donors (Lipinski definition) is 2. The van der Waals surface area contributed by atoms with Crippen molar-refractivity contribution in [1.82, 2.24) is 9.55 Å². The number of aliphatic hydroxyl groups is 1. The standard InChI is InChI=1S/C26H37N3O3.CH2O2/c1-16-7-6-10-19(15-16)29-22-14-13-21-20(12-11-17(2)28(21)26(31)32-3)23(22)27-25(29)24(30)18-8-4-5-9-18;2-1-3/h13-14,16-19,24,30H,4-12,15H2,1-3H3;1H,(H,2,3). The number of aromatic nitrogens is 2. The van der Waals surface area contributed by atoms with E-state index in [1.807, 2.05) is 0 Å². The molecule has 0 radical (unpaired) electrons. The summed E-state index contributed by atoms with van der Waals surface area (Å²) in [6, 6.07) is 4.67. The Bertz CT molecular complexity index is 1050. The zero-order valence-corrected chi connectivity index (χ0v) is 21.2. The summed E-state index contributed by atoms with van der Waals surface area (Å²) < 4.78 is 7.48. The van der Waals surface area contributed by atoms with Gasteiger partial charge < -0.3 is 19.5 Å². The van der Waals surface area contributed by atoms with E-state index in [-0.39, 0.29) is 18.6 Å². The average molecular weight is 486 g/mol. The van der Waals surface area contributed by atoms with Crippen LogP contribution in [0, 0.1) is 11.8 Å². The van der Waals surface area contributed by atoms with Gasteiger partial charge in [-0.1, -0.05) is 32.6 Å². The van der Waals surface area contributed by atoms with Crippen LogP contribution in [0.5, 0.6) is 0 Å². The third kappa shape index (κ3) is 4.90. The molecule has 2 fully saturated rings.